The van der Waals surface area contributed by atoms with E-state index in [0.717, 1.165) is 35.7 Å². The number of benzene rings is 5. The summed E-state index contributed by atoms with van der Waals surface area (Å²) in [5.74, 6) is 0. The van der Waals surface area contributed by atoms with Crippen LogP contribution in [0.25, 0.3) is 20.8 Å². The molecule has 58 heavy (non-hydrogen) atoms. The maximum Gasteiger partial charge on any atom is 0.209 e. The normalized spacial score (nSPS) is 15.3. The molecule has 2 N–H and O–H groups in total. The molecule has 0 radical (unpaired) electrons. The van der Waals surface area contributed by atoms with Gasteiger partial charge in [-0.25, -0.2) is 9.98 Å². The average Bonchev–Trinajstić information content (AvgIpc) is 3.23. The lowest BCUT2D eigenvalue weighted by molar-refractivity contribution is 0.610. The highest BCUT2D eigenvalue weighted by molar-refractivity contribution is 8.04. The first kappa shape index (κ1) is 39.6. The topological polar surface area (TPSA) is 55.6 Å². The molecule has 0 amide bonds. The van der Waals surface area contributed by atoms with Crippen LogP contribution in [0.2, 0.25) is 0 Å². The number of anilines is 3. The minimum Gasteiger partial charge on any atom is -0.385 e. The van der Waals surface area contributed by atoms with Gasteiger partial charge < -0.3 is 15.5 Å². The van der Waals surface area contributed by atoms with E-state index in [-0.39, 0.29) is 6.04 Å². The third kappa shape index (κ3) is 8.79. The fourth-order valence-corrected chi connectivity index (χ4v) is 10.1. The van der Waals surface area contributed by atoms with Gasteiger partial charge in [0.1, 0.15) is 7.05 Å². The molecule has 1 unspecified atom stereocenters. The molecule has 4 aromatic rings. The van der Waals surface area contributed by atoms with Crippen LogP contribution in [-0.2, 0) is 0 Å². The number of aryl methyl sites for hydroxylation is 3. The molecule has 296 valence electrons. The van der Waals surface area contributed by atoms with Gasteiger partial charge in [0.2, 0.25) is 11.0 Å². The molecule has 6 nitrogen and oxygen atoms in total. The van der Waals surface area contributed by atoms with Crippen molar-refractivity contribution in [3.8, 4) is 10.6 Å². The third-order valence-corrected chi connectivity index (χ3v) is 13.7. The summed E-state index contributed by atoms with van der Waals surface area (Å²) in [4.78, 5) is 16.2. The fourth-order valence-electron chi connectivity index (χ4n) is 8.09. The van der Waals surface area contributed by atoms with Crippen LogP contribution in [0.3, 0.4) is 0 Å². The summed E-state index contributed by atoms with van der Waals surface area (Å²) in [6, 6.07) is 35.0. The highest BCUT2D eigenvalue weighted by Crippen LogP contribution is 2.45. The second kappa shape index (κ2) is 17.8. The number of nitrogens with one attached hydrogen (secondary N) is 2. The largest absolute Gasteiger partial charge is 0.385 e. The summed E-state index contributed by atoms with van der Waals surface area (Å²) in [6.07, 6.45) is 12.0. The van der Waals surface area contributed by atoms with Crippen molar-refractivity contribution in [3.05, 3.63) is 142 Å². The second-order valence-corrected chi connectivity index (χ2v) is 18.0. The Balaban J connectivity index is 0.792. The molecule has 0 aromatic heterocycles. The Labute approximate surface area is 352 Å². The Hall–Kier alpha value is -5.18. The van der Waals surface area contributed by atoms with E-state index in [0.29, 0.717) is 0 Å². The number of thioether (sulfide) groups is 1. The van der Waals surface area contributed by atoms with Crippen molar-refractivity contribution in [2.45, 2.75) is 77.2 Å². The Morgan fingerprint density at radius 1 is 0.724 bits per heavy atom. The lowest BCUT2D eigenvalue weighted by atomic mass is 9.98. The van der Waals surface area contributed by atoms with Gasteiger partial charge in [0.15, 0.2) is 0 Å². The van der Waals surface area contributed by atoms with E-state index in [1.807, 2.05) is 23.1 Å². The molecule has 2 aliphatic carbocycles. The van der Waals surface area contributed by atoms with Crippen LogP contribution >= 0.6 is 23.1 Å². The van der Waals surface area contributed by atoms with E-state index < -0.39 is 0 Å². The maximum absolute atomic E-state index is 5.10. The molecule has 2 heterocycles. The summed E-state index contributed by atoms with van der Waals surface area (Å²) in [7, 11) is 4.32. The number of nitrogens with zero attached hydrogens (tertiary/aromatic N) is 4. The zero-order valence-corrected chi connectivity index (χ0v) is 36.4. The van der Waals surface area contributed by atoms with Crippen LogP contribution < -0.4 is 25.5 Å². The molecule has 0 bridgehead atoms. The van der Waals surface area contributed by atoms with Crippen molar-refractivity contribution in [3.63, 3.8) is 0 Å². The zero-order valence-electron chi connectivity index (χ0n) is 34.7. The van der Waals surface area contributed by atoms with Crippen LogP contribution in [0, 0.1) is 20.8 Å². The molecule has 4 aromatic carbocycles. The minimum atomic E-state index is 0.214. The standard InChI is InChI=1S/C50H54N6S2/c1-33-25-41-47(57-49-31-45(35(3)27-43(49)53-41)55(5)37-19-13-11-14-20-37)29-39(33)51-23-17-9-7-8-10-18-24-52-40-30-48-42(26-34(40)2)54-44-28-36(4)46(32-50(44)58-48)56(6)38-21-15-12-16-22-38/h11-16,19-22,25-32,45,51H,7-10,17-18,23-24H2,1-6H3/p+1. The van der Waals surface area contributed by atoms with Crippen LogP contribution in [0.4, 0.5) is 28.4 Å². The first-order valence-corrected chi connectivity index (χ1v) is 22.4. The van der Waals surface area contributed by atoms with Gasteiger partial charge in [0, 0.05) is 70.8 Å². The van der Waals surface area contributed by atoms with E-state index in [4.69, 9.17) is 9.98 Å². The predicted molar refractivity (Wildman–Crippen MR) is 252 cm³/mol. The average molecular weight is 804 g/mol. The molecule has 2 aliphatic heterocycles. The number of allylic oxidation sites excluding steroid dienone is 2. The van der Waals surface area contributed by atoms with E-state index in [2.05, 4.69) is 171 Å². The lowest BCUT2D eigenvalue weighted by Gasteiger charge is -2.33. The molecule has 0 spiro atoms. The highest BCUT2D eigenvalue weighted by Gasteiger charge is 2.26. The number of hydrogen-bond donors (Lipinski definition) is 2. The van der Waals surface area contributed by atoms with Crippen LogP contribution in [0.15, 0.2) is 130 Å². The summed E-state index contributed by atoms with van der Waals surface area (Å²) in [6.45, 7) is 10.8. The van der Waals surface area contributed by atoms with Gasteiger partial charge in [-0.1, -0.05) is 73.8 Å². The van der Waals surface area contributed by atoms with Crippen LogP contribution in [0.1, 0.15) is 62.1 Å². The molecule has 8 rings (SSSR count). The number of hydrogen-bond acceptors (Lipinski definition) is 7. The monoisotopic (exact) mass is 803 g/mol. The van der Waals surface area contributed by atoms with Crippen molar-refractivity contribution in [2.24, 2.45) is 4.99 Å². The molecule has 0 saturated carbocycles. The second-order valence-electron chi connectivity index (χ2n) is 15.9. The van der Waals surface area contributed by atoms with Crippen LogP contribution in [0.5, 0.6) is 0 Å². The van der Waals surface area contributed by atoms with Gasteiger partial charge in [-0.05, 0) is 112 Å². The van der Waals surface area contributed by atoms with Gasteiger partial charge in [0.25, 0.3) is 0 Å². The number of unbranched alkanes of at least 4 members (excludes halogenated alkanes) is 5. The van der Waals surface area contributed by atoms with Crippen LogP contribution in [-0.4, -0.2) is 43.9 Å². The molecule has 0 saturated heterocycles. The van der Waals surface area contributed by atoms with Gasteiger partial charge >= 0.3 is 0 Å². The van der Waals surface area contributed by atoms with Gasteiger partial charge in [-0.15, -0.1) is 11.3 Å². The van der Waals surface area contributed by atoms with E-state index >= 15 is 0 Å². The van der Waals surface area contributed by atoms with Gasteiger partial charge in [0.05, 0.1) is 38.2 Å². The van der Waals surface area contributed by atoms with E-state index in [1.54, 1.807) is 0 Å². The molecular weight excluding hydrogens is 749 g/mol. The number of fused-ring (bicyclic) bond motifs is 4. The Kier molecular flexibility index (Phi) is 12.1. The smallest absolute Gasteiger partial charge is 0.209 e. The molecule has 8 heteroatoms. The Morgan fingerprint density at radius 3 is 2.10 bits per heavy atom. The molecule has 4 aliphatic rings. The van der Waals surface area contributed by atoms with Gasteiger partial charge in [-0.2, -0.15) is 4.58 Å². The Morgan fingerprint density at radius 2 is 1.38 bits per heavy atom. The molecule has 0 fully saturated rings. The molecular formula is C50H55N6S2+. The number of aromatic nitrogens is 1. The lowest BCUT2D eigenvalue weighted by Crippen LogP contribution is -2.33. The van der Waals surface area contributed by atoms with Crippen molar-refractivity contribution in [1.29, 1.82) is 0 Å². The van der Waals surface area contributed by atoms with Gasteiger partial charge in [-0.3, -0.25) is 0 Å². The number of aliphatic imine (C=N–C) groups is 1. The minimum absolute atomic E-state index is 0.214. The predicted octanol–water partition coefficient (Wildman–Crippen LogP) is 12.5. The zero-order chi connectivity index (χ0) is 40.2. The summed E-state index contributed by atoms with van der Waals surface area (Å²) in [5.41, 5.74) is 14.2. The first-order chi connectivity index (χ1) is 28.2. The third-order valence-electron chi connectivity index (χ3n) is 11.5. The fraction of sp³-hybridized carbons (Fsp3) is 0.300. The number of para-hydroxylation sites is 2. The van der Waals surface area contributed by atoms with Crippen molar-refractivity contribution in [2.75, 3.05) is 42.7 Å². The number of likely N-dealkylation sites (N-methyl/N-ethyl adjacent to an activating group) is 1. The van der Waals surface area contributed by atoms with Crippen molar-refractivity contribution >= 4 is 67.5 Å². The van der Waals surface area contributed by atoms with Crippen molar-refractivity contribution in [1.82, 2.24) is 9.56 Å². The summed E-state index contributed by atoms with van der Waals surface area (Å²) >= 11 is 3.68. The Bertz CT molecular complexity index is 2570. The van der Waals surface area contributed by atoms with E-state index in [1.165, 1.54) is 108 Å². The van der Waals surface area contributed by atoms with Crippen molar-refractivity contribution < 1.29 is 0 Å². The van der Waals surface area contributed by atoms with E-state index in [9.17, 15) is 0 Å². The number of rotatable bonds is 14. The maximum atomic E-state index is 5.10. The highest BCUT2D eigenvalue weighted by atomic mass is 32.2. The molecule has 1 atom stereocenters. The quantitative estimate of drug-likeness (QED) is 0.0652. The summed E-state index contributed by atoms with van der Waals surface area (Å²) in [5, 5.41) is 8.70. The summed E-state index contributed by atoms with van der Waals surface area (Å²) < 4.78 is 3.48. The SMILES string of the molecule is CC1=CC2=Nc3cc(C)c(NCCCCCCCCNc4cc5sc6cc(=[N+](C)c7ccccc7)c(C)cc-6nc5cc4C)cc3SC2=CC1N(C)c1ccccc1. The first-order valence-electron chi connectivity index (χ1n) is 20.8.